The molecule has 0 spiro atoms. The van der Waals surface area contributed by atoms with Gasteiger partial charge in [0.15, 0.2) is 0 Å². The van der Waals surface area contributed by atoms with Crippen LogP contribution in [0.1, 0.15) is 52.9 Å². The fraction of sp³-hybridized carbons (Fsp3) is 0.692. The summed E-state index contributed by atoms with van der Waals surface area (Å²) in [6.45, 7) is 6.81. The molecule has 0 aromatic heterocycles. The standard InChI is InChI=1S/C13H22/c1-4-6-7-8-13-11(3)9-10-12(13)5-2/h9-10,12H,4-8H2,1-3H3. The third kappa shape index (κ3) is 2.72. The van der Waals surface area contributed by atoms with Gasteiger partial charge >= 0.3 is 0 Å². The molecule has 1 rings (SSSR count). The van der Waals surface area contributed by atoms with E-state index in [0.717, 1.165) is 5.92 Å². The molecule has 0 aromatic carbocycles. The Kier molecular flexibility index (Phi) is 4.27. The summed E-state index contributed by atoms with van der Waals surface area (Å²) in [5.74, 6) is 0.761. The van der Waals surface area contributed by atoms with Gasteiger partial charge in [-0.2, -0.15) is 0 Å². The van der Waals surface area contributed by atoms with Gasteiger partial charge in [-0.1, -0.05) is 50.0 Å². The van der Waals surface area contributed by atoms with Gasteiger partial charge in [-0.25, -0.2) is 0 Å². The lowest BCUT2D eigenvalue weighted by Gasteiger charge is -2.12. The second kappa shape index (κ2) is 5.26. The molecular formula is C13H22. The van der Waals surface area contributed by atoms with Crippen molar-refractivity contribution < 1.29 is 0 Å². The first-order valence-electron chi connectivity index (χ1n) is 5.67. The Hall–Kier alpha value is -0.520. The SMILES string of the molecule is CCCCCC1=C(C)C=CC1CC. The van der Waals surface area contributed by atoms with Crippen LogP contribution in [0.2, 0.25) is 0 Å². The van der Waals surface area contributed by atoms with Gasteiger partial charge in [-0.15, -0.1) is 0 Å². The number of allylic oxidation sites excluding steroid dienone is 4. The molecule has 0 saturated carbocycles. The van der Waals surface area contributed by atoms with Gasteiger partial charge in [-0.3, -0.25) is 0 Å². The zero-order chi connectivity index (χ0) is 9.68. The normalized spacial score (nSPS) is 21.6. The predicted octanol–water partition coefficient (Wildman–Crippen LogP) is 4.48. The van der Waals surface area contributed by atoms with Gasteiger partial charge in [0.25, 0.3) is 0 Å². The summed E-state index contributed by atoms with van der Waals surface area (Å²) in [4.78, 5) is 0. The van der Waals surface area contributed by atoms with Gasteiger partial charge in [0.05, 0.1) is 0 Å². The van der Waals surface area contributed by atoms with E-state index >= 15 is 0 Å². The Bertz CT molecular complexity index is 208. The van der Waals surface area contributed by atoms with Crippen LogP contribution in [0.3, 0.4) is 0 Å². The number of rotatable bonds is 5. The van der Waals surface area contributed by atoms with E-state index in [0.29, 0.717) is 0 Å². The summed E-state index contributed by atoms with van der Waals surface area (Å²) >= 11 is 0. The van der Waals surface area contributed by atoms with Crippen LogP contribution in [0.4, 0.5) is 0 Å². The van der Waals surface area contributed by atoms with Gasteiger partial charge in [-0.05, 0) is 32.1 Å². The van der Waals surface area contributed by atoms with Crippen LogP contribution in [0.25, 0.3) is 0 Å². The Morgan fingerprint density at radius 1 is 1.23 bits per heavy atom. The Morgan fingerprint density at radius 2 is 2.00 bits per heavy atom. The molecule has 0 nitrogen and oxygen atoms in total. The highest BCUT2D eigenvalue weighted by Crippen LogP contribution is 2.31. The van der Waals surface area contributed by atoms with E-state index < -0.39 is 0 Å². The predicted molar refractivity (Wildman–Crippen MR) is 59.8 cm³/mol. The first kappa shape index (κ1) is 10.6. The van der Waals surface area contributed by atoms with E-state index in [1.54, 1.807) is 5.57 Å². The molecule has 1 unspecified atom stereocenters. The third-order valence-electron chi connectivity index (χ3n) is 3.02. The Balaban J connectivity index is 2.43. The lowest BCUT2D eigenvalue weighted by Crippen LogP contribution is -1.97. The largest absolute Gasteiger partial charge is 0.0771 e. The zero-order valence-corrected chi connectivity index (χ0v) is 9.27. The third-order valence-corrected chi connectivity index (χ3v) is 3.02. The molecule has 1 aliphatic carbocycles. The summed E-state index contributed by atoms with van der Waals surface area (Å²) < 4.78 is 0. The zero-order valence-electron chi connectivity index (χ0n) is 9.27. The van der Waals surface area contributed by atoms with Crippen molar-refractivity contribution in [2.45, 2.75) is 52.9 Å². The maximum absolute atomic E-state index is 2.37. The van der Waals surface area contributed by atoms with Crippen LogP contribution in [-0.4, -0.2) is 0 Å². The quantitative estimate of drug-likeness (QED) is 0.544. The summed E-state index contributed by atoms with van der Waals surface area (Å²) in [7, 11) is 0. The highest BCUT2D eigenvalue weighted by molar-refractivity contribution is 5.35. The Morgan fingerprint density at radius 3 is 2.62 bits per heavy atom. The molecule has 1 atom stereocenters. The molecule has 0 aliphatic heterocycles. The molecule has 0 N–H and O–H groups in total. The molecule has 0 heteroatoms. The number of hydrogen-bond acceptors (Lipinski definition) is 0. The minimum Gasteiger partial charge on any atom is -0.0771 e. The van der Waals surface area contributed by atoms with E-state index in [9.17, 15) is 0 Å². The van der Waals surface area contributed by atoms with Gasteiger partial charge in [0.1, 0.15) is 0 Å². The van der Waals surface area contributed by atoms with Gasteiger partial charge in [0, 0.05) is 0 Å². The van der Waals surface area contributed by atoms with Gasteiger partial charge in [0.2, 0.25) is 0 Å². The molecule has 0 heterocycles. The van der Waals surface area contributed by atoms with Crippen LogP contribution in [0.15, 0.2) is 23.3 Å². The minimum absolute atomic E-state index is 0.761. The summed E-state index contributed by atoms with van der Waals surface area (Å²) in [6.07, 6.45) is 11.4. The molecule has 0 saturated heterocycles. The minimum atomic E-state index is 0.761. The van der Waals surface area contributed by atoms with Crippen LogP contribution >= 0.6 is 0 Å². The highest BCUT2D eigenvalue weighted by Gasteiger charge is 2.15. The molecule has 13 heavy (non-hydrogen) atoms. The molecule has 0 aromatic rings. The maximum atomic E-state index is 2.37. The van der Waals surface area contributed by atoms with Crippen molar-refractivity contribution in [1.29, 1.82) is 0 Å². The van der Waals surface area contributed by atoms with Crippen LogP contribution in [0.5, 0.6) is 0 Å². The van der Waals surface area contributed by atoms with Crippen molar-refractivity contribution in [2.75, 3.05) is 0 Å². The van der Waals surface area contributed by atoms with Crippen molar-refractivity contribution >= 4 is 0 Å². The van der Waals surface area contributed by atoms with Crippen molar-refractivity contribution in [2.24, 2.45) is 5.92 Å². The molecule has 0 bridgehead atoms. The van der Waals surface area contributed by atoms with E-state index in [1.165, 1.54) is 37.7 Å². The summed E-state index contributed by atoms with van der Waals surface area (Å²) in [5, 5.41) is 0. The van der Waals surface area contributed by atoms with E-state index in [1.807, 2.05) is 0 Å². The second-order valence-corrected chi connectivity index (χ2v) is 4.04. The summed E-state index contributed by atoms with van der Waals surface area (Å²) in [5.41, 5.74) is 3.24. The fourth-order valence-electron chi connectivity index (χ4n) is 2.11. The van der Waals surface area contributed by atoms with Crippen molar-refractivity contribution in [3.05, 3.63) is 23.3 Å². The fourth-order valence-corrected chi connectivity index (χ4v) is 2.11. The van der Waals surface area contributed by atoms with E-state index in [4.69, 9.17) is 0 Å². The van der Waals surface area contributed by atoms with Gasteiger partial charge < -0.3 is 0 Å². The van der Waals surface area contributed by atoms with Crippen LogP contribution < -0.4 is 0 Å². The first-order valence-corrected chi connectivity index (χ1v) is 5.67. The maximum Gasteiger partial charge on any atom is -0.00170 e. The topological polar surface area (TPSA) is 0 Å². The van der Waals surface area contributed by atoms with Crippen molar-refractivity contribution in [3.63, 3.8) is 0 Å². The average molecular weight is 178 g/mol. The number of hydrogen-bond donors (Lipinski definition) is 0. The molecule has 0 amide bonds. The summed E-state index contributed by atoms with van der Waals surface area (Å²) in [6, 6.07) is 0. The van der Waals surface area contributed by atoms with E-state index in [2.05, 4.69) is 32.9 Å². The molecule has 1 aliphatic rings. The Labute approximate surface area is 82.7 Å². The van der Waals surface area contributed by atoms with Crippen molar-refractivity contribution in [3.8, 4) is 0 Å². The molecule has 0 fully saturated rings. The van der Waals surface area contributed by atoms with E-state index in [-0.39, 0.29) is 0 Å². The lowest BCUT2D eigenvalue weighted by atomic mass is 9.93. The second-order valence-electron chi connectivity index (χ2n) is 4.04. The average Bonchev–Trinajstić information content (AvgIpc) is 2.48. The van der Waals surface area contributed by atoms with Crippen LogP contribution in [0, 0.1) is 5.92 Å². The highest BCUT2D eigenvalue weighted by atomic mass is 14.2. The number of unbranched alkanes of at least 4 members (excludes halogenated alkanes) is 2. The molecular weight excluding hydrogens is 156 g/mol. The van der Waals surface area contributed by atoms with Crippen LogP contribution in [-0.2, 0) is 0 Å². The molecule has 0 radical (unpaired) electrons. The first-order chi connectivity index (χ1) is 6.29. The lowest BCUT2D eigenvalue weighted by molar-refractivity contribution is 0.641. The monoisotopic (exact) mass is 178 g/mol. The van der Waals surface area contributed by atoms with Crippen molar-refractivity contribution in [1.82, 2.24) is 0 Å². The molecule has 74 valence electrons. The smallest absolute Gasteiger partial charge is 0.00170 e.